The van der Waals surface area contributed by atoms with E-state index >= 15 is 0 Å². The molecule has 0 saturated heterocycles. The first kappa shape index (κ1) is 22.5. The highest BCUT2D eigenvalue weighted by molar-refractivity contribution is 6.20. The number of nitrogens with two attached hydrogens (primary N) is 1. The molecule has 0 spiro atoms. The number of hydrazone groups is 1. The SMILES string of the molecule is CN1N=C(c2ccccc2)C(C)(C(N)C(C)(C)C(=O)OC(=O)OC(C)(C)C)C1=O. The van der Waals surface area contributed by atoms with E-state index in [4.69, 9.17) is 15.2 Å². The van der Waals surface area contributed by atoms with Gasteiger partial charge in [0.1, 0.15) is 11.0 Å². The molecule has 2 N–H and O–H groups in total. The molecule has 0 radical (unpaired) electrons. The summed E-state index contributed by atoms with van der Waals surface area (Å²) >= 11 is 0. The number of hydrogen-bond donors (Lipinski definition) is 1. The predicted molar refractivity (Wildman–Crippen MR) is 108 cm³/mol. The number of esters is 1. The third kappa shape index (κ3) is 4.32. The Morgan fingerprint density at radius 2 is 1.69 bits per heavy atom. The summed E-state index contributed by atoms with van der Waals surface area (Å²) in [5.74, 6) is -1.22. The molecule has 0 aliphatic carbocycles. The molecule has 1 aromatic carbocycles. The number of carbonyl (C=O) groups is 3. The standard InChI is InChI=1S/C21H29N3O5/c1-19(2,3)29-18(27)28-17(26)20(4,5)15(22)21(6)14(23-24(7)16(21)25)13-11-9-8-10-12-13/h8-12,15H,22H2,1-7H3. The largest absolute Gasteiger partial charge is 0.516 e. The molecule has 1 amide bonds. The van der Waals surface area contributed by atoms with Gasteiger partial charge in [-0.25, -0.2) is 9.80 Å². The average Bonchev–Trinajstić information content (AvgIpc) is 2.85. The van der Waals surface area contributed by atoms with Gasteiger partial charge >= 0.3 is 12.1 Å². The lowest BCUT2D eigenvalue weighted by Gasteiger charge is -2.39. The molecule has 1 aliphatic heterocycles. The number of hydrogen-bond acceptors (Lipinski definition) is 7. The molecule has 1 aliphatic rings. The van der Waals surface area contributed by atoms with Crippen molar-refractivity contribution in [2.45, 2.75) is 53.2 Å². The molecule has 1 heterocycles. The van der Waals surface area contributed by atoms with Crippen molar-refractivity contribution < 1.29 is 23.9 Å². The van der Waals surface area contributed by atoms with Gasteiger partial charge in [0.2, 0.25) is 0 Å². The molecule has 2 unspecified atom stereocenters. The molecule has 0 fully saturated rings. The van der Waals surface area contributed by atoms with Crippen LogP contribution < -0.4 is 5.73 Å². The van der Waals surface area contributed by atoms with Gasteiger partial charge in [-0.1, -0.05) is 30.3 Å². The van der Waals surface area contributed by atoms with Crippen LogP contribution in [-0.2, 0) is 19.1 Å². The van der Waals surface area contributed by atoms with Gasteiger partial charge in [-0.15, -0.1) is 0 Å². The van der Waals surface area contributed by atoms with E-state index in [0.29, 0.717) is 5.71 Å². The molecule has 158 valence electrons. The van der Waals surface area contributed by atoms with Gasteiger partial charge in [-0.2, -0.15) is 5.10 Å². The molecule has 2 rings (SSSR count). The van der Waals surface area contributed by atoms with E-state index in [1.807, 2.05) is 30.3 Å². The Morgan fingerprint density at radius 3 is 2.21 bits per heavy atom. The van der Waals surface area contributed by atoms with Crippen molar-refractivity contribution in [2.24, 2.45) is 21.7 Å². The fourth-order valence-corrected chi connectivity index (χ4v) is 3.30. The summed E-state index contributed by atoms with van der Waals surface area (Å²) in [6.07, 6.45) is -1.11. The van der Waals surface area contributed by atoms with E-state index in [1.54, 1.807) is 27.7 Å². The molecule has 0 aromatic heterocycles. The maximum Gasteiger partial charge on any atom is 0.516 e. The minimum atomic E-state index is -1.39. The molecule has 2 atom stereocenters. The molecule has 1 aromatic rings. The van der Waals surface area contributed by atoms with Crippen LogP contribution in [0, 0.1) is 10.8 Å². The lowest BCUT2D eigenvalue weighted by atomic mass is 9.65. The second kappa shape index (κ2) is 7.59. The minimum absolute atomic E-state index is 0.345. The first-order valence-corrected chi connectivity index (χ1v) is 9.34. The number of rotatable bonds is 4. The number of amides is 1. The highest BCUT2D eigenvalue weighted by Crippen LogP contribution is 2.41. The lowest BCUT2D eigenvalue weighted by molar-refractivity contribution is -0.154. The Bertz CT molecular complexity index is 842. The van der Waals surface area contributed by atoms with Gasteiger partial charge in [0.15, 0.2) is 0 Å². The van der Waals surface area contributed by atoms with Crippen LogP contribution in [0.3, 0.4) is 0 Å². The summed E-state index contributed by atoms with van der Waals surface area (Å²) in [4.78, 5) is 37.7. The van der Waals surface area contributed by atoms with E-state index < -0.39 is 34.6 Å². The van der Waals surface area contributed by atoms with Gasteiger partial charge in [0.05, 0.1) is 11.1 Å². The van der Waals surface area contributed by atoms with Crippen molar-refractivity contribution in [1.82, 2.24) is 5.01 Å². The summed E-state index contributed by atoms with van der Waals surface area (Å²) in [5.41, 5.74) is 4.17. The molecule has 0 bridgehead atoms. The number of benzene rings is 1. The zero-order valence-corrected chi connectivity index (χ0v) is 18.0. The molecule has 0 saturated carbocycles. The van der Waals surface area contributed by atoms with Crippen molar-refractivity contribution in [2.75, 3.05) is 7.05 Å². The third-order valence-electron chi connectivity index (χ3n) is 5.02. The third-order valence-corrected chi connectivity index (χ3v) is 5.02. The monoisotopic (exact) mass is 403 g/mol. The normalized spacial score (nSPS) is 20.9. The van der Waals surface area contributed by atoms with Crippen LogP contribution in [0.5, 0.6) is 0 Å². The predicted octanol–water partition coefficient (Wildman–Crippen LogP) is 2.70. The summed E-state index contributed by atoms with van der Waals surface area (Å²) in [6, 6.07) is 8.12. The fraction of sp³-hybridized carbons (Fsp3) is 0.524. The number of carbonyl (C=O) groups excluding carboxylic acids is 3. The summed E-state index contributed by atoms with van der Waals surface area (Å²) in [6.45, 7) is 9.69. The topological polar surface area (TPSA) is 111 Å². The van der Waals surface area contributed by atoms with E-state index in [1.165, 1.54) is 25.9 Å². The van der Waals surface area contributed by atoms with Crippen LogP contribution >= 0.6 is 0 Å². The molecular weight excluding hydrogens is 374 g/mol. The Labute approximate surface area is 171 Å². The summed E-state index contributed by atoms with van der Waals surface area (Å²) < 4.78 is 9.92. The van der Waals surface area contributed by atoms with Crippen molar-refractivity contribution in [3.05, 3.63) is 35.9 Å². The zero-order chi connectivity index (χ0) is 22.2. The Kier molecular flexibility index (Phi) is 5.90. The molecule has 8 heteroatoms. The van der Waals surface area contributed by atoms with Gasteiger partial charge in [-0.3, -0.25) is 9.59 Å². The Morgan fingerprint density at radius 1 is 1.14 bits per heavy atom. The van der Waals surface area contributed by atoms with Crippen LogP contribution in [0.25, 0.3) is 0 Å². The van der Waals surface area contributed by atoms with Crippen molar-refractivity contribution in [3.8, 4) is 0 Å². The van der Waals surface area contributed by atoms with Crippen molar-refractivity contribution in [3.63, 3.8) is 0 Å². The lowest BCUT2D eigenvalue weighted by Crippen LogP contribution is -2.59. The Hall–Kier alpha value is -2.74. The van der Waals surface area contributed by atoms with Crippen LogP contribution in [0.1, 0.15) is 47.1 Å². The highest BCUT2D eigenvalue weighted by atomic mass is 16.7. The summed E-state index contributed by atoms with van der Waals surface area (Å²) in [5, 5.41) is 5.59. The van der Waals surface area contributed by atoms with Crippen molar-refractivity contribution in [1.29, 1.82) is 0 Å². The molecule has 29 heavy (non-hydrogen) atoms. The quantitative estimate of drug-likeness (QED) is 0.611. The smallest absolute Gasteiger partial charge is 0.428 e. The summed E-state index contributed by atoms with van der Waals surface area (Å²) in [7, 11) is 1.54. The zero-order valence-electron chi connectivity index (χ0n) is 18.0. The first-order valence-electron chi connectivity index (χ1n) is 9.34. The maximum atomic E-state index is 13.0. The van der Waals surface area contributed by atoms with E-state index in [2.05, 4.69) is 5.10 Å². The van der Waals surface area contributed by atoms with Gasteiger partial charge < -0.3 is 15.2 Å². The number of nitrogens with zero attached hydrogens (tertiary/aromatic N) is 2. The van der Waals surface area contributed by atoms with Crippen molar-refractivity contribution >= 4 is 23.7 Å². The average molecular weight is 403 g/mol. The molecule has 8 nitrogen and oxygen atoms in total. The molecular formula is C21H29N3O5. The second-order valence-corrected chi connectivity index (χ2v) is 8.90. The van der Waals surface area contributed by atoms with Crippen LogP contribution in [0.15, 0.2) is 35.4 Å². The minimum Gasteiger partial charge on any atom is -0.428 e. The van der Waals surface area contributed by atoms with Crippen LogP contribution in [-0.4, -0.2) is 47.4 Å². The first-order chi connectivity index (χ1) is 13.2. The van der Waals surface area contributed by atoms with Crippen LogP contribution in [0.4, 0.5) is 4.79 Å². The van der Waals surface area contributed by atoms with E-state index in [-0.39, 0.29) is 5.91 Å². The van der Waals surface area contributed by atoms with E-state index in [0.717, 1.165) is 5.56 Å². The van der Waals surface area contributed by atoms with E-state index in [9.17, 15) is 14.4 Å². The Balaban J connectivity index is 2.35. The van der Waals surface area contributed by atoms with Gasteiger partial charge in [0.25, 0.3) is 5.91 Å². The second-order valence-electron chi connectivity index (χ2n) is 8.90. The maximum absolute atomic E-state index is 13.0. The number of ether oxygens (including phenoxy) is 2. The van der Waals surface area contributed by atoms with Crippen LogP contribution in [0.2, 0.25) is 0 Å². The van der Waals surface area contributed by atoms with Gasteiger partial charge in [-0.05, 0) is 47.1 Å². The van der Waals surface area contributed by atoms with Gasteiger partial charge in [0, 0.05) is 13.1 Å². The fourth-order valence-electron chi connectivity index (χ4n) is 3.30. The highest BCUT2D eigenvalue weighted by Gasteiger charge is 2.57.